The van der Waals surface area contributed by atoms with Crippen LogP contribution < -0.4 is 10.5 Å². The number of carbonyl (C=O) groups is 1. The van der Waals surface area contributed by atoms with Crippen LogP contribution in [-0.2, 0) is 4.79 Å². The van der Waals surface area contributed by atoms with Crippen molar-refractivity contribution in [2.45, 2.75) is 6.92 Å². The Kier molecular flexibility index (Phi) is 3.74. The first-order chi connectivity index (χ1) is 7.04. The standard InChI is InChI=1S/C11H12ClNO2/c1-7-5-9(12)6-8(11(7)15-2)3-4-10(13)14/h3-6H,1-2H3,(H2,13,14)/b4-3-. The third-order valence-corrected chi connectivity index (χ3v) is 2.12. The molecule has 0 heterocycles. The molecule has 0 aliphatic heterocycles. The van der Waals surface area contributed by atoms with E-state index in [2.05, 4.69) is 0 Å². The van der Waals surface area contributed by atoms with Crippen LogP contribution in [0.5, 0.6) is 5.75 Å². The zero-order chi connectivity index (χ0) is 11.4. The predicted octanol–water partition coefficient (Wildman–Crippen LogP) is 2.16. The summed E-state index contributed by atoms with van der Waals surface area (Å²) in [5.41, 5.74) is 6.66. The zero-order valence-electron chi connectivity index (χ0n) is 8.58. The Morgan fingerprint density at radius 3 is 2.73 bits per heavy atom. The summed E-state index contributed by atoms with van der Waals surface area (Å²) in [7, 11) is 1.57. The molecule has 0 fully saturated rings. The number of amides is 1. The van der Waals surface area contributed by atoms with Crippen molar-refractivity contribution < 1.29 is 9.53 Å². The fraction of sp³-hybridized carbons (Fsp3) is 0.182. The van der Waals surface area contributed by atoms with Gasteiger partial charge in [-0.05, 0) is 30.7 Å². The minimum Gasteiger partial charge on any atom is -0.496 e. The van der Waals surface area contributed by atoms with E-state index in [0.29, 0.717) is 10.8 Å². The summed E-state index contributed by atoms with van der Waals surface area (Å²) < 4.78 is 5.20. The number of rotatable bonds is 3. The lowest BCUT2D eigenvalue weighted by Gasteiger charge is -2.08. The zero-order valence-corrected chi connectivity index (χ0v) is 9.34. The molecule has 1 rings (SSSR count). The average molecular weight is 226 g/mol. The number of primary amides is 1. The van der Waals surface area contributed by atoms with E-state index >= 15 is 0 Å². The number of ether oxygens (including phenoxy) is 1. The fourth-order valence-corrected chi connectivity index (χ4v) is 1.61. The Morgan fingerprint density at radius 2 is 2.20 bits per heavy atom. The molecule has 0 aromatic heterocycles. The number of aryl methyl sites for hydroxylation is 1. The van der Waals surface area contributed by atoms with E-state index in [1.54, 1.807) is 25.3 Å². The number of benzene rings is 1. The van der Waals surface area contributed by atoms with Crippen LogP contribution in [0.25, 0.3) is 6.08 Å². The van der Waals surface area contributed by atoms with Gasteiger partial charge in [0, 0.05) is 16.7 Å². The number of halogens is 1. The van der Waals surface area contributed by atoms with Gasteiger partial charge in [0.05, 0.1) is 7.11 Å². The van der Waals surface area contributed by atoms with Crippen LogP contribution in [0.1, 0.15) is 11.1 Å². The Hall–Kier alpha value is -1.48. The topological polar surface area (TPSA) is 52.3 Å². The molecule has 0 saturated heterocycles. The largest absolute Gasteiger partial charge is 0.496 e. The van der Waals surface area contributed by atoms with Crippen LogP contribution >= 0.6 is 11.6 Å². The number of hydrogen-bond acceptors (Lipinski definition) is 2. The molecule has 0 aliphatic rings. The highest BCUT2D eigenvalue weighted by Crippen LogP contribution is 2.28. The molecule has 0 spiro atoms. The van der Waals surface area contributed by atoms with Crippen molar-refractivity contribution in [3.8, 4) is 5.75 Å². The van der Waals surface area contributed by atoms with Crippen LogP contribution in [0, 0.1) is 6.92 Å². The molecule has 3 nitrogen and oxygen atoms in total. The van der Waals surface area contributed by atoms with Crippen molar-refractivity contribution in [3.05, 3.63) is 34.4 Å². The number of carbonyl (C=O) groups excluding carboxylic acids is 1. The Balaban J connectivity index is 3.20. The quantitative estimate of drug-likeness (QED) is 0.802. The molecule has 0 saturated carbocycles. The van der Waals surface area contributed by atoms with Gasteiger partial charge in [-0.3, -0.25) is 4.79 Å². The summed E-state index contributed by atoms with van der Waals surface area (Å²) >= 11 is 5.89. The van der Waals surface area contributed by atoms with E-state index in [1.165, 1.54) is 6.08 Å². The van der Waals surface area contributed by atoms with Gasteiger partial charge in [0.1, 0.15) is 5.75 Å². The monoisotopic (exact) mass is 225 g/mol. The van der Waals surface area contributed by atoms with Crippen molar-refractivity contribution in [1.82, 2.24) is 0 Å². The minimum absolute atomic E-state index is 0.505. The first kappa shape index (κ1) is 11.6. The van der Waals surface area contributed by atoms with Crippen LogP contribution in [0.3, 0.4) is 0 Å². The van der Waals surface area contributed by atoms with Crippen LogP contribution in [-0.4, -0.2) is 13.0 Å². The molecule has 1 amide bonds. The molecule has 0 aliphatic carbocycles. The maximum Gasteiger partial charge on any atom is 0.241 e. The summed E-state index contributed by atoms with van der Waals surface area (Å²) in [4.78, 5) is 10.6. The van der Waals surface area contributed by atoms with Gasteiger partial charge in [0.15, 0.2) is 0 Å². The first-order valence-electron chi connectivity index (χ1n) is 4.36. The van der Waals surface area contributed by atoms with Crippen LogP contribution in [0.15, 0.2) is 18.2 Å². The third kappa shape index (κ3) is 2.99. The Morgan fingerprint density at radius 1 is 1.53 bits per heavy atom. The lowest BCUT2D eigenvalue weighted by Crippen LogP contribution is -2.05. The fourth-order valence-electron chi connectivity index (χ4n) is 1.33. The van der Waals surface area contributed by atoms with Gasteiger partial charge in [-0.1, -0.05) is 11.6 Å². The van der Waals surface area contributed by atoms with Crippen molar-refractivity contribution in [2.75, 3.05) is 7.11 Å². The van der Waals surface area contributed by atoms with Gasteiger partial charge in [-0.15, -0.1) is 0 Å². The highest BCUT2D eigenvalue weighted by atomic mass is 35.5. The van der Waals surface area contributed by atoms with Crippen molar-refractivity contribution >= 4 is 23.6 Å². The molecule has 80 valence electrons. The second kappa shape index (κ2) is 4.84. The third-order valence-electron chi connectivity index (χ3n) is 1.90. The summed E-state index contributed by atoms with van der Waals surface area (Å²) in [5, 5.41) is 0.595. The predicted molar refractivity (Wildman–Crippen MR) is 61.0 cm³/mol. The molecular formula is C11H12ClNO2. The average Bonchev–Trinajstić information content (AvgIpc) is 2.13. The number of nitrogens with two attached hydrogens (primary N) is 1. The molecule has 0 radical (unpaired) electrons. The summed E-state index contributed by atoms with van der Waals surface area (Å²) in [6.45, 7) is 1.88. The lowest BCUT2D eigenvalue weighted by atomic mass is 10.1. The van der Waals surface area contributed by atoms with Crippen LogP contribution in [0.2, 0.25) is 5.02 Å². The molecule has 15 heavy (non-hydrogen) atoms. The minimum atomic E-state index is -0.505. The van der Waals surface area contributed by atoms with Crippen LogP contribution in [0.4, 0.5) is 0 Å². The first-order valence-corrected chi connectivity index (χ1v) is 4.74. The molecule has 1 aromatic carbocycles. The summed E-state index contributed by atoms with van der Waals surface area (Å²) in [5.74, 6) is 0.187. The van der Waals surface area contributed by atoms with E-state index < -0.39 is 5.91 Å². The summed E-state index contributed by atoms with van der Waals surface area (Å²) in [6, 6.07) is 3.51. The van der Waals surface area contributed by atoms with Gasteiger partial charge < -0.3 is 10.5 Å². The highest BCUT2D eigenvalue weighted by Gasteiger charge is 2.05. The van der Waals surface area contributed by atoms with E-state index in [-0.39, 0.29) is 0 Å². The normalized spacial score (nSPS) is 10.6. The van der Waals surface area contributed by atoms with E-state index in [4.69, 9.17) is 22.1 Å². The summed E-state index contributed by atoms with van der Waals surface area (Å²) in [6.07, 6.45) is 2.85. The highest BCUT2D eigenvalue weighted by molar-refractivity contribution is 6.30. The van der Waals surface area contributed by atoms with Crippen molar-refractivity contribution in [1.29, 1.82) is 0 Å². The molecule has 0 unspecified atom stereocenters. The maximum absolute atomic E-state index is 10.6. The maximum atomic E-state index is 10.6. The second-order valence-corrected chi connectivity index (χ2v) is 3.52. The van der Waals surface area contributed by atoms with E-state index in [9.17, 15) is 4.79 Å². The van der Waals surface area contributed by atoms with Gasteiger partial charge >= 0.3 is 0 Å². The van der Waals surface area contributed by atoms with E-state index in [1.807, 2.05) is 6.92 Å². The molecular weight excluding hydrogens is 214 g/mol. The Bertz CT molecular complexity index is 413. The van der Waals surface area contributed by atoms with Crippen molar-refractivity contribution in [3.63, 3.8) is 0 Å². The smallest absolute Gasteiger partial charge is 0.241 e. The van der Waals surface area contributed by atoms with Crippen molar-refractivity contribution in [2.24, 2.45) is 5.73 Å². The Labute approximate surface area is 93.5 Å². The van der Waals surface area contributed by atoms with E-state index in [0.717, 1.165) is 11.1 Å². The van der Waals surface area contributed by atoms with Gasteiger partial charge in [-0.25, -0.2) is 0 Å². The van der Waals surface area contributed by atoms with Gasteiger partial charge in [0.2, 0.25) is 5.91 Å². The molecule has 0 atom stereocenters. The number of methoxy groups -OCH3 is 1. The SMILES string of the molecule is COc1c(C)cc(Cl)cc1/C=C\C(N)=O. The second-order valence-electron chi connectivity index (χ2n) is 3.08. The lowest BCUT2D eigenvalue weighted by molar-refractivity contribution is -0.113. The molecule has 1 aromatic rings. The van der Waals surface area contributed by atoms with Gasteiger partial charge in [-0.2, -0.15) is 0 Å². The number of hydrogen-bond donors (Lipinski definition) is 1. The molecule has 2 N–H and O–H groups in total. The molecule has 0 bridgehead atoms. The molecule has 4 heteroatoms. The van der Waals surface area contributed by atoms with Gasteiger partial charge in [0.25, 0.3) is 0 Å².